The average Bonchev–Trinajstić information content (AvgIpc) is 2.47. The van der Waals surface area contributed by atoms with Gasteiger partial charge in [-0.3, -0.25) is 9.29 Å². The molecule has 0 amide bonds. The molecule has 0 radical (unpaired) electrons. The molecule has 0 unspecified atom stereocenters. The minimum Gasteiger partial charge on any atom is -0.491 e. The second-order valence-electron chi connectivity index (χ2n) is 4.82. The van der Waals surface area contributed by atoms with Crippen LogP contribution in [0, 0.1) is 0 Å². The molecule has 0 spiro atoms. The van der Waals surface area contributed by atoms with E-state index in [1.165, 1.54) is 17.5 Å². The standard InChI is InChI=1S/C15H18N2O3S/c1-12(2)20-14-6-8-15(9-7-14)21(18,19)17(3)13-5-4-10-16-11-13/h4-12H,1-3H3. The third-order valence-electron chi connectivity index (χ3n) is 2.86. The van der Waals surface area contributed by atoms with Gasteiger partial charge in [0.1, 0.15) is 5.75 Å². The van der Waals surface area contributed by atoms with E-state index >= 15 is 0 Å². The summed E-state index contributed by atoms with van der Waals surface area (Å²) >= 11 is 0. The summed E-state index contributed by atoms with van der Waals surface area (Å²) in [5.41, 5.74) is 0.514. The van der Waals surface area contributed by atoms with Crippen LogP contribution in [0.25, 0.3) is 0 Å². The Balaban J connectivity index is 2.27. The van der Waals surface area contributed by atoms with E-state index in [2.05, 4.69) is 4.98 Å². The van der Waals surface area contributed by atoms with E-state index in [-0.39, 0.29) is 11.0 Å². The van der Waals surface area contributed by atoms with Crippen LogP contribution in [0.5, 0.6) is 5.75 Å². The topological polar surface area (TPSA) is 59.5 Å². The molecule has 6 heteroatoms. The highest BCUT2D eigenvalue weighted by Gasteiger charge is 2.21. The number of nitrogens with zero attached hydrogens (tertiary/aromatic N) is 2. The Morgan fingerprint density at radius 2 is 1.81 bits per heavy atom. The van der Waals surface area contributed by atoms with Crippen LogP contribution in [-0.4, -0.2) is 26.6 Å². The quantitative estimate of drug-likeness (QED) is 0.852. The Labute approximate surface area is 125 Å². The van der Waals surface area contributed by atoms with E-state index in [1.54, 1.807) is 42.6 Å². The maximum Gasteiger partial charge on any atom is 0.264 e. The van der Waals surface area contributed by atoms with E-state index < -0.39 is 10.0 Å². The molecular formula is C15H18N2O3S. The minimum absolute atomic E-state index is 0.0468. The van der Waals surface area contributed by atoms with Gasteiger partial charge in [0.05, 0.1) is 22.9 Å². The van der Waals surface area contributed by atoms with Crippen molar-refractivity contribution in [2.75, 3.05) is 11.4 Å². The Morgan fingerprint density at radius 3 is 2.33 bits per heavy atom. The van der Waals surface area contributed by atoms with Crippen molar-refractivity contribution in [1.29, 1.82) is 0 Å². The number of anilines is 1. The second-order valence-corrected chi connectivity index (χ2v) is 6.79. The van der Waals surface area contributed by atoms with Crippen molar-refractivity contribution in [3.05, 3.63) is 48.8 Å². The molecule has 0 aliphatic heterocycles. The van der Waals surface area contributed by atoms with Gasteiger partial charge in [0, 0.05) is 13.2 Å². The number of ether oxygens (including phenoxy) is 1. The molecule has 1 aromatic heterocycles. The minimum atomic E-state index is -3.60. The molecule has 0 saturated heterocycles. The third kappa shape index (κ3) is 3.52. The molecule has 21 heavy (non-hydrogen) atoms. The molecule has 0 atom stereocenters. The maximum atomic E-state index is 12.5. The first-order chi connectivity index (χ1) is 9.91. The molecule has 0 saturated carbocycles. The summed E-state index contributed by atoms with van der Waals surface area (Å²) in [6.07, 6.45) is 3.15. The molecule has 0 aliphatic carbocycles. The SMILES string of the molecule is CC(C)Oc1ccc(S(=O)(=O)N(C)c2cccnc2)cc1. The number of benzene rings is 1. The maximum absolute atomic E-state index is 12.5. The largest absolute Gasteiger partial charge is 0.491 e. The zero-order valence-corrected chi connectivity index (χ0v) is 13.0. The third-order valence-corrected chi connectivity index (χ3v) is 4.66. The number of rotatable bonds is 5. The van der Waals surface area contributed by atoms with Gasteiger partial charge in [0.15, 0.2) is 0 Å². The van der Waals surface area contributed by atoms with Crippen molar-refractivity contribution < 1.29 is 13.2 Å². The van der Waals surface area contributed by atoms with Gasteiger partial charge in [-0.1, -0.05) is 0 Å². The Hall–Kier alpha value is -2.08. The summed E-state index contributed by atoms with van der Waals surface area (Å²) in [7, 11) is -2.09. The van der Waals surface area contributed by atoms with Crippen LogP contribution in [0.3, 0.4) is 0 Å². The normalized spacial score (nSPS) is 11.4. The zero-order valence-electron chi connectivity index (χ0n) is 12.2. The van der Waals surface area contributed by atoms with Gasteiger partial charge in [-0.25, -0.2) is 8.42 Å². The van der Waals surface area contributed by atoms with Crippen LogP contribution in [-0.2, 0) is 10.0 Å². The zero-order chi connectivity index (χ0) is 15.5. The number of sulfonamides is 1. The summed E-state index contributed by atoms with van der Waals surface area (Å²) in [4.78, 5) is 4.15. The summed E-state index contributed by atoms with van der Waals surface area (Å²) in [5, 5.41) is 0. The van der Waals surface area contributed by atoms with Gasteiger partial charge in [-0.2, -0.15) is 0 Å². The van der Waals surface area contributed by atoms with Gasteiger partial charge < -0.3 is 4.74 Å². The number of hydrogen-bond acceptors (Lipinski definition) is 4. The molecule has 2 aromatic rings. The second kappa shape index (κ2) is 6.13. The first kappa shape index (κ1) is 15.3. The van der Waals surface area contributed by atoms with E-state index in [0.717, 1.165) is 0 Å². The van der Waals surface area contributed by atoms with Crippen LogP contribution in [0.2, 0.25) is 0 Å². The van der Waals surface area contributed by atoms with Gasteiger partial charge in [0.2, 0.25) is 0 Å². The highest BCUT2D eigenvalue weighted by molar-refractivity contribution is 7.92. The molecule has 2 rings (SSSR count). The van der Waals surface area contributed by atoms with Gasteiger partial charge in [0.25, 0.3) is 10.0 Å². The first-order valence-corrected chi connectivity index (χ1v) is 8.01. The monoisotopic (exact) mass is 306 g/mol. The molecule has 0 fully saturated rings. The number of pyridine rings is 1. The molecule has 1 heterocycles. The van der Waals surface area contributed by atoms with Gasteiger partial charge in [-0.05, 0) is 50.2 Å². The molecule has 1 aromatic carbocycles. The number of aromatic nitrogens is 1. The Kier molecular flexibility index (Phi) is 4.47. The lowest BCUT2D eigenvalue weighted by atomic mass is 10.3. The lowest BCUT2D eigenvalue weighted by Gasteiger charge is -2.19. The van der Waals surface area contributed by atoms with Crippen molar-refractivity contribution in [1.82, 2.24) is 4.98 Å². The molecule has 112 valence electrons. The summed E-state index contributed by atoms with van der Waals surface area (Å²) in [6, 6.07) is 9.79. The summed E-state index contributed by atoms with van der Waals surface area (Å²) in [5.74, 6) is 0.646. The van der Waals surface area contributed by atoms with Gasteiger partial charge in [-0.15, -0.1) is 0 Å². The van der Waals surface area contributed by atoms with Crippen molar-refractivity contribution in [2.45, 2.75) is 24.8 Å². The van der Waals surface area contributed by atoms with Crippen molar-refractivity contribution in [3.8, 4) is 5.75 Å². The van der Waals surface area contributed by atoms with Crippen LogP contribution in [0.15, 0.2) is 53.7 Å². The molecule has 5 nitrogen and oxygen atoms in total. The van der Waals surface area contributed by atoms with Crippen LogP contribution in [0.1, 0.15) is 13.8 Å². The predicted octanol–water partition coefficient (Wildman–Crippen LogP) is 2.69. The first-order valence-electron chi connectivity index (χ1n) is 6.57. The Bertz CT molecular complexity index is 683. The van der Waals surface area contributed by atoms with Gasteiger partial charge >= 0.3 is 0 Å². The predicted molar refractivity (Wildman–Crippen MR) is 82.0 cm³/mol. The van der Waals surface area contributed by atoms with Crippen LogP contribution in [0.4, 0.5) is 5.69 Å². The number of hydrogen-bond donors (Lipinski definition) is 0. The van der Waals surface area contributed by atoms with Crippen LogP contribution >= 0.6 is 0 Å². The van der Waals surface area contributed by atoms with E-state index in [4.69, 9.17) is 4.74 Å². The lowest BCUT2D eigenvalue weighted by Crippen LogP contribution is -2.26. The smallest absolute Gasteiger partial charge is 0.264 e. The van der Waals surface area contributed by atoms with Crippen molar-refractivity contribution in [3.63, 3.8) is 0 Å². The highest BCUT2D eigenvalue weighted by Crippen LogP contribution is 2.23. The Morgan fingerprint density at radius 1 is 1.14 bits per heavy atom. The molecular weight excluding hydrogens is 288 g/mol. The molecule has 0 N–H and O–H groups in total. The fourth-order valence-electron chi connectivity index (χ4n) is 1.80. The van der Waals surface area contributed by atoms with Crippen molar-refractivity contribution >= 4 is 15.7 Å². The van der Waals surface area contributed by atoms with Crippen LogP contribution < -0.4 is 9.04 Å². The van der Waals surface area contributed by atoms with E-state index in [1.807, 2.05) is 13.8 Å². The summed E-state index contributed by atoms with van der Waals surface area (Å²) in [6.45, 7) is 3.83. The average molecular weight is 306 g/mol. The van der Waals surface area contributed by atoms with E-state index in [9.17, 15) is 8.42 Å². The lowest BCUT2D eigenvalue weighted by molar-refractivity contribution is 0.242. The molecule has 0 bridgehead atoms. The highest BCUT2D eigenvalue weighted by atomic mass is 32.2. The summed E-state index contributed by atoms with van der Waals surface area (Å²) < 4.78 is 31.8. The van der Waals surface area contributed by atoms with Crippen molar-refractivity contribution in [2.24, 2.45) is 0 Å². The fourth-order valence-corrected chi connectivity index (χ4v) is 2.98. The fraction of sp³-hybridized carbons (Fsp3) is 0.267. The van der Waals surface area contributed by atoms with E-state index in [0.29, 0.717) is 11.4 Å². The molecule has 0 aliphatic rings.